The first-order chi connectivity index (χ1) is 10.3. The van der Waals surface area contributed by atoms with E-state index < -0.39 is 0 Å². The Morgan fingerprint density at radius 1 is 1.33 bits per heavy atom. The fourth-order valence-corrected chi connectivity index (χ4v) is 5.86. The normalized spacial score (nSPS) is 39.6. The summed E-state index contributed by atoms with van der Waals surface area (Å²) < 4.78 is 12.1. The van der Waals surface area contributed by atoms with Crippen LogP contribution in [0.25, 0.3) is 0 Å². The van der Waals surface area contributed by atoms with Crippen molar-refractivity contribution in [1.29, 1.82) is 0 Å². The molecule has 2 aliphatic carbocycles. The van der Waals surface area contributed by atoms with Crippen LogP contribution in [0.4, 0.5) is 0 Å². The van der Waals surface area contributed by atoms with E-state index in [9.17, 15) is 0 Å². The van der Waals surface area contributed by atoms with Crippen molar-refractivity contribution in [3.63, 3.8) is 0 Å². The molecule has 1 saturated carbocycles. The van der Waals surface area contributed by atoms with Crippen molar-refractivity contribution < 1.29 is 9.47 Å². The highest BCUT2D eigenvalue weighted by Gasteiger charge is 2.62. The van der Waals surface area contributed by atoms with Crippen LogP contribution in [0.3, 0.4) is 0 Å². The molecule has 5 rings (SSSR count). The zero-order valence-electron chi connectivity index (χ0n) is 12.9. The number of benzene rings is 1. The van der Waals surface area contributed by atoms with E-state index in [0.29, 0.717) is 12.1 Å². The van der Waals surface area contributed by atoms with Crippen molar-refractivity contribution >= 4 is 0 Å². The SMILES string of the molecule is COc1ccc2c3c1OC1CCC[C@H]4[C@@H](C2)N(C)CC[C@]314. The van der Waals surface area contributed by atoms with Crippen molar-refractivity contribution in [2.75, 3.05) is 20.7 Å². The lowest BCUT2D eigenvalue weighted by Gasteiger charge is -2.57. The summed E-state index contributed by atoms with van der Waals surface area (Å²) in [6.45, 7) is 1.21. The molecule has 2 bridgehead atoms. The van der Waals surface area contributed by atoms with Gasteiger partial charge in [-0.1, -0.05) is 6.07 Å². The molecule has 3 nitrogen and oxygen atoms in total. The van der Waals surface area contributed by atoms with Crippen LogP contribution in [0.15, 0.2) is 12.1 Å². The third-order valence-corrected chi connectivity index (χ3v) is 6.71. The molecule has 2 fully saturated rings. The minimum atomic E-state index is 0.285. The van der Waals surface area contributed by atoms with Crippen LogP contribution < -0.4 is 9.47 Å². The molecule has 0 N–H and O–H groups in total. The molecule has 1 aromatic carbocycles. The summed E-state index contributed by atoms with van der Waals surface area (Å²) in [5.41, 5.74) is 3.33. The van der Waals surface area contributed by atoms with Crippen LogP contribution >= 0.6 is 0 Å². The van der Waals surface area contributed by atoms with E-state index >= 15 is 0 Å². The molecule has 2 aliphatic heterocycles. The van der Waals surface area contributed by atoms with Gasteiger partial charge in [0, 0.05) is 17.0 Å². The molecular formula is C18H23NO2. The molecular weight excluding hydrogens is 262 g/mol. The molecule has 1 spiro atoms. The Bertz CT molecular complexity index is 613. The van der Waals surface area contributed by atoms with Crippen molar-refractivity contribution in [3.8, 4) is 11.5 Å². The fraction of sp³-hybridized carbons (Fsp3) is 0.667. The van der Waals surface area contributed by atoms with Crippen molar-refractivity contribution in [1.82, 2.24) is 4.90 Å². The zero-order valence-corrected chi connectivity index (χ0v) is 12.9. The van der Waals surface area contributed by atoms with Gasteiger partial charge in [0.1, 0.15) is 6.10 Å². The van der Waals surface area contributed by atoms with Gasteiger partial charge in [-0.05, 0) is 63.2 Å². The monoisotopic (exact) mass is 285 g/mol. The van der Waals surface area contributed by atoms with E-state index in [1.165, 1.54) is 49.8 Å². The number of methoxy groups -OCH3 is 1. The van der Waals surface area contributed by atoms with Crippen molar-refractivity contribution in [2.24, 2.45) is 5.92 Å². The third-order valence-electron chi connectivity index (χ3n) is 6.71. The number of ether oxygens (including phenoxy) is 2. The fourth-order valence-electron chi connectivity index (χ4n) is 5.86. The van der Waals surface area contributed by atoms with Crippen LogP contribution in [0, 0.1) is 5.92 Å². The molecule has 4 atom stereocenters. The second kappa shape index (κ2) is 3.95. The minimum Gasteiger partial charge on any atom is -0.493 e. The Morgan fingerprint density at radius 2 is 2.24 bits per heavy atom. The number of hydrogen-bond acceptors (Lipinski definition) is 3. The molecule has 21 heavy (non-hydrogen) atoms. The number of piperidine rings is 1. The van der Waals surface area contributed by atoms with Gasteiger partial charge in [-0.2, -0.15) is 0 Å². The predicted octanol–water partition coefficient (Wildman–Crippen LogP) is 2.75. The maximum Gasteiger partial charge on any atom is 0.165 e. The van der Waals surface area contributed by atoms with Crippen LogP contribution in [0.5, 0.6) is 11.5 Å². The standard InChI is InChI=1S/C18H23NO2/c1-19-9-8-18-12-4-3-5-15(18)21-17-14(20-2)7-6-11(16(17)18)10-13(12)19/h6-7,12-13,15H,3-5,8-10H2,1-2H3/t12-,13+,15?,18+/m0/s1. The predicted molar refractivity (Wildman–Crippen MR) is 81.2 cm³/mol. The summed E-state index contributed by atoms with van der Waals surface area (Å²) in [5.74, 6) is 2.79. The third kappa shape index (κ3) is 1.30. The van der Waals surface area contributed by atoms with E-state index in [1.54, 1.807) is 7.11 Å². The Morgan fingerprint density at radius 3 is 3.10 bits per heavy atom. The van der Waals surface area contributed by atoms with Crippen LogP contribution in [0.1, 0.15) is 36.8 Å². The van der Waals surface area contributed by atoms with Gasteiger partial charge in [0.2, 0.25) is 0 Å². The molecule has 1 aromatic rings. The molecule has 3 heteroatoms. The summed E-state index contributed by atoms with van der Waals surface area (Å²) in [6.07, 6.45) is 6.72. The maximum atomic E-state index is 6.49. The molecule has 4 aliphatic rings. The van der Waals surface area contributed by atoms with Crippen molar-refractivity contribution in [2.45, 2.75) is 49.7 Å². The minimum absolute atomic E-state index is 0.285. The van der Waals surface area contributed by atoms with Gasteiger partial charge in [-0.15, -0.1) is 0 Å². The molecule has 0 aromatic heterocycles. The molecule has 1 saturated heterocycles. The molecule has 112 valence electrons. The van der Waals surface area contributed by atoms with Gasteiger partial charge in [0.15, 0.2) is 11.5 Å². The zero-order chi connectivity index (χ0) is 14.2. The lowest BCUT2D eigenvalue weighted by Crippen LogP contribution is -2.63. The van der Waals surface area contributed by atoms with Gasteiger partial charge in [-0.25, -0.2) is 0 Å². The average molecular weight is 285 g/mol. The highest BCUT2D eigenvalue weighted by molar-refractivity contribution is 5.60. The van der Waals surface area contributed by atoms with E-state index in [0.717, 1.165) is 17.4 Å². The van der Waals surface area contributed by atoms with E-state index in [2.05, 4.69) is 24.1 Å². The van der Waals surface area contributed by atoms with E-state index in [4.69, 9.17) is 9.47 Å². The number of nitrogens with zero attached hydrogens (tertiary/aromatic N) is 1. The van der Waals surface area contributed by atoms with Crippen LogP contribution in [0.2, 0.25) is 0 Å². The Hall–Kier alpha value is -1.22. The Kier molecular flexibility index (Phi) is 2.32. The molecule has 1 unspecified atom stereocenters. The number of rotatable bonds is 1. The van der Waals surface area contributed by atoms with Crippen molar-refractivity contribution in [3.05, 3.63) is 23.3 Å². The first-order valence-corrected chi connectivity index (χ1v) is 8.33. The molecule has 0 amide bonds. The quantitative estimate of drug-likeness (QED) is 0.792. The lowest BCUT2D eigenvalue weighted by molar-refractivity contribution is -0.0426. The lowest BCUT2D eigenvalue weighted by atomic mass is 9.52. The summed E-state index contributed by atoms with van der Waals surface area (Å²) in [6, 6.07) is 5.11. The topological polar surface area (TPSA) is 21.7 Å². The average Bonchev–Trinajstić information content (AvgIpc) is 2.84. The second-order valence-corrected chi connectivity index (χ2v) is 7.32. The number of hydrogen-bond donors (Lipinski definition) is 0. The van der Waals surface area contributed by atoms with Crippen LogP contribution in [-0.2, 0) is 11.8 Å². The second-order valence-electron chi connectivity index (χ2n) is 7.32. The van der Waals surface area contributed by atoms with Gasteiger partial charge >= 0.3 is 0 Å². The van der Waals surface area contributed by atoms with E-state index in [-0.39, 0.29) is 5.41 Å². The van der Waals surface area contributed by atoms with Crippen LogP contribution in [-0.4, -0.2) is 37.7 Å². The number of likely N-dealkylation sites (tertiary alicyclic amines) is 1. The highest BCUT2D eigenvalue weighted by Crippen LogP contribution is 2.63. The summed E-state index contributed by atoms with van der Waals surface area (Å²) in [4.78, 5) is 2.60. The summed E-state index contributed by atoms with van der Waals surface area (Å²) >= 11 is 0. The summed E-state index contributed by atoms with van der Waals surface area (Å²) in [7, 11) is 4.07. The van der Waals surface area contributed by atoms with Gasteiger partial charge in [0.25, 0.3) is 0 Å². The largest absolute Gasteiger partial charge is 0.493 e. The number of likely N-dealkylation sites (N-methyl/N-ethyl adjacent to an activating group) is 1. The van der Waals surface area contributed by atoms with E-state index in [1.807, 2.05) is 0 Å². The Labute approximate surface area is 126 Å². The van der Waals surface area contributed by atoms with Gasteiger partial charge in [0.05, 0.1) is 7.11 Å². The maximum absolute atomic E-state index is 6.49. The highest BCUT2D eigenvalue weighted by atomic mass is 16.5. The molecule has 2 heterocycles. The van der Waals surface area contributed by atoms with Gasteiger partial charge in [-0.3, -0.25) is 0 Å². The first kappa shape index (κ1) is 12.3. The Balaban J connectivity index is 1.79. The summed E-state index contributed by atoms with van der Waals surface area (Å²) in [5, 5.41) is 0. The van der Waals surface area contributed by atoms with Gasteiger partial charge < -0.3 is 14.4 Å². The smallest absolute Gasteiger partial charge is 0.165 e. The first-order valence-electron chi connectivity index (χ1n) is 8.33. The molecule has 0 radical (unpaired) electrons.